The molecule has 2 rings (SSSR count). The van der Waals surface area contributed by atoms with Gasteiger partial charge in [-0.1, -0.05) is 6.07 Å². The molecular formula is C15H26N4O. The third-order valence-corrected chi connectivity index (χ3v) is 3.98. The molecule has 0 saturated carbocycles. The molecule has 1 fully saturated rings. The molecular weight excluding hydrogens is 252 g/mol. The molecule has 5 nitrogen and oxygen atoms in total. The number of aliphatic hydroxyl groups is 1. The smallest absolute Gasteiger partial charge is 0.128 e. The standard InChI is InChI=1S/C15H26N4O/c1-15(20,13-16)6-4-8-18-9-11-19(12-10-18)14-5-2-3-7-17-14/h2-3,5,7,20H,4,6,8-13,16H2,1H3. The van der Waals surface area contributed by atoms with Gasteiger partial charge in [0.05, 0.1) is 5.60 Å². The molecule has 112 valence electrons. The van der Waals surface area contributed by atoms with Crippen LogP contribution in [0, 0.1) is 0 Å². The van der Waals surface area contributed by atoms with E-state index in [1.807, 2.05) is 25.3 Å². The largest absolute Gasteiger partial charge is 0.389 e. The average molecular weight is 278 g/mol. The summed E-state index contributed by atoms with van der Waals surface area (Å²) in [7, 11) is 0. The van der Waals surface area contributed by atoms with Crippen molar-refractivity contribution in [2.24, 2.45) is 5.73 Å². The summed E-state index contributed by atoms with van der Waals surface area (Å²) in [5.41, 5.74) is 4.82. The Labute approximate surface area is 121 Å². The maximum Gasteiger partial charge on any atom is 0.128 e. The molecule has 20 heavy (non-hydrogen) atoms. The van der Waals surface area contributed by atoms with Crippen molar-refractivity contribution in [2.75, 3.05) is 44.2 Å². The number of hydrogen-bond donors (Lipinski definition) is 2. The molecule has 1 aliphatic rings. The molecule has 0 amide bonds. The highest BCUT2D eigenvalue weighted by molar-refractivity contribution is 5.38. The van der Waals surface area contributed by atoms with Gasteiger partial charge in [0.2, 0.25) is 0 Å². The molecule has 0 aliphatic carbocycles. The Kier molecular flexibility index (Phi) is 5.34. The maximum atomic E-state index is 9.88. The Bertz CT molecular complexity index is 388. The van der Waals surface area contributed by atoms with Crippen molar-refractivity contribution in [3.05, 3.63) is 24.4 Å². The fourth-order valence-electron chi connectivity index (χ4n) is 2.53. The number of rotatable bonds is 6. The SMILES string of the molecule is CC(O)(CN)CCCN1CCN(c2ccccn2)CC1. The Hall–Kier alpha value is -1.17. The van der Waals surface area contributed by atoms with E-state index < -0.39 is 5.60 Å². The summed E-state index contributed by atoms with van der Waals surface area (Å²) in [5, 5.41) is 9.88. The fourth-order valence-corrected chi connectivity index (χ4v) is 2.53. The quantitative estimate of drug-likeness (QED) is 0.801. The maximum absolute atomic E-state index is 9.88. The van der Waals surface area contributed by atoms with Gasteiger partial charge in [-0.25, -0.2) is 4.98 Å². The highest BCUT2D eigenvalue weighted by Gasteiger charge is 2.20. The van der Waals surface area contributed by atoms with Crippen LogP contribution in [0.25, 0.3) is 0 Å². The average Bonchev–Trinajstić information content (AvgIpc) is 2.49. The fraction of sp³-hybridized carbons (Fsp3) is 0.667. The molecule has 0 bridgehead atoms. The first-order chi connectivity index (χ1) is 9.61. The number of anilines is 1. The monoisotopic (exact) mass is 278 g/mol. The molecule has 0 spiro atoms. The summed E-state index contributed by atoms with van der Waals surface area (Å²) in [5.74, 6) is 1.07. The van der Waals surface area contributed by atoms with Crippen LogP contribution in [0.15, 0.2) is 24.4 Å². The topological polar surface area (TPSA) is 65.6 Å². The van der Waals surface area contributed by atoms with E-state index in [1.165, 1.54) is 0 Å². The predicted molar refractivity (Wildman–Crippen MR) is 81.8 cm³/mol. The van der Waals surface area contributed by atoms with E-state index in [-0.39, 0.29) is 0 Å². The van der Waals surface area contributed by atoms with Crippen LogP contribution >= 0.6 is 0 Å². The first kappa shape index (κ1) is 15.2. The minimum Gasteiger partial charge on any atom is -0.389 e. The molecule has 2 heterocycles. The van der Waals surface area contributed by atoms with Crippen LogP contribution in [0.2, 0.25) is 0 Å². The Balaban J connectivity index is 1.70. The summed E-state index contributed by atoms with van der Waals surface area (Å²) in [6.45, 7) is 7.33. The second-order valence-electron chi connectivity index (χ2n) is 5.82. The molecule has 1 atom stereocenters. The Morgan fingerprint density at radius 3 is 2.65 bits per heavy atom. The van der Waals surface area contributed by atoms with E-state index in [0.717, 1.165) is 51.4 Å². The van der Waals surface area contributed by atoms with Crippen LogP contribution in [-0.4, -0.2) is 59.9 Å². The van der Waals surface area contributed by atoms with Crippen molar-refractivity contribution in [3.8, 4) is 0 Å². The number of pyridine rings is 1. The predicted octanol–water partition coefficient (Wildman–Crippen LogP) is 0.693. The second-order valence-corrected chi connectivity index (χ2v) is 5.82. The van der Waals surface area contributed by atoms with Gasteiger partial charge in [0.15, 0.2) is 0 Å². The highest BCUT2D eigenvalue weighted by atomic mass is 16.3. The lowest BCUT2D eigenvalue weighted by Gasteiger charge is -2.35. The molecule has 3 N–H and O–H groups in total. The minimum atomic E-state index is -0.713. The molecule has 0 radical (unpaired) electrons. The van der Waals surface area contributed by atoms with Gasteiger partial charge in [-0.2, -0.15) is 0 Å². The van der Waals surface area contributed by atoms with E-state index in [2.05, 4.69) is 20.9 Å². The van der Waals surface area contributed by atoms with Crippen LogP contribution in [0.4, 0.5) is 5.82 Å². The van der Waals surface area contributed by atoms with Crippen molar-refractivity contribution in [1.29, 1.82) is 0 Å². The molecule has 1 aromatic heterocycles. The van der Waals surface area contributed by atoms with Crippen LogP contribution in [-0.2, 0) is 0 Å². The zero-order valence-electron chi connectivity index (χ0n) is 12.3. The van der Waals surface area contributed by atoms with E-state index in [9.17, 15) is 5.11 Å². The first-order valence-corrected chi connectivity index (χ1v) is 7.41. The van der Waals surface area contributed by atoms with Crippen LogP contribution < -0.4 is 10.6 Å². The van der Waals surface area contributed by atoms with Gasteiger partial charge < -0.3 is 15.7 Å². The lowest BCUT2D eigenvalue weighted by molar-refractivity contribution is 0.0541. The summed E-state index contributed by atoms with van der Waals surface area (Å²) < 4.78 is 0. The van der Waals surface area contributed by atoms with Gasteiger partial charge >= 0.3 is 0 Å². The number of piperazine rings is 1. The van der Waals surface area contributed by atoms with Gasteiger partial charge in [-0.15, -0.1) is 0 Å². The number of nitrogens with two attached hydrogens (primary N) is 1. The number of aromatic nitrogens is 1. The lowest BCUT2D eigenvalue weighted by Crippen LogP contribution is -2.47. The zero-order valence-corrected chi connectivity index (χ0v) is 12.3. The van der Waals surface area contributed by atoms with Gasteiger partial charge in [-0.05, 0) is 38.4 Å². The normalized spacial score (nSPS) is 19.9. The Morgan fingerprint density at radius 2 is 2.05 bits per heavy atom. The van der Waals surface area contributed by atoms with E-state index >= 15 is 0 Å². The van der Waals surface area contributed by atoms with Crippen LogP contribution in [0.3, 0.4) is 0 Å². The zero-order chi connectivity index (χ0) is 14.4. The number of hydrogen-bond acceptors (Lipinski definition) is 5. The molecule has 1 aromatic rings. The van der Waals surface area contributed by atoms with Crippen LogP contribution in [0.1, 0.15) is 19.8 Å². The molecule has 0 aromatic carbocycles. The third-order valence-electron chi connectivity index (χ3n) is 3.98. The van der Waals surface area contributed by atoms with Crippen molar-refractivity contribution in [1.82, 2.24) is 9.88 Å². The van der Waals surface area contributed by atoms with Crippen molar-refractivity contribution in [2.45, 2.75) is 25.4 Å². The molecule has 5 heteroatoms. The minimum absolute atomic E-state index is 0.334. The molecule has 1 aliphatic heterocycles. The van der Waals surface area contributed by atoms with Crippen molar-refractivity contribution in [3.63, 3.8) is 0 Å². The first-order valence-electron chi connectivity index (χ1n) is 7.41. The van der Waals surface area contributed by atoms with Crippen molar-refractivity contribution < 1.29 is 5.11 Å². The summed E-state index contributed by atoms with van der Waals surface area (Å²) in [6.07, 6.45) is 3.61. The van der Waals surface area contributed by atoms with Crippen molar-refractivity contribution >= 4 is 5.82 Å². The van der Waals surface area contributed by atoms with Gasteiger partial charge in [0.25, 0.3) is 0 Å². The summed E-state index contributed by atoms with van der Waals surface area (Å²) in [4.78, 5) is 9.17. The van der Waals surface area contributed by atoms with E-state index in [1.54, 1.807) is 0 Å². The molecule has 1 saturated heterocycles. The van der Waals surface area contributed by atoms with Gasteiger partial charge in [0.1, 0.15) is 5.82 Å². The summed E-state index contributed by atoms with van der Waals surface area (Å²) >= 11 is 0. The second kappa shape index (κ2) is 7.02. The lowest BCUT2D eigenvalue weighted by atomic mass is 10.0. The Morgan fingerprint density at radius 1 is 1.30 bits per heavy atom. The van der Waals surface area contributed by atoms with Crippen LogP contribution in [0.5, 0.6) is 0 Å². The van der Waals surface area contributed by atoms with E-state index in [4.69, 9.17) is 5.73 Å². The van der Waals surface area contributed by atoms with E-state index in [0.29, 0.717) is 6.54 Å². The highest BCUT2D eigenvalue weighted by Crippen LogP contribution is 2.14. The number of nitrogens with zero attached hydrogens (tertiary/aromatic N) is 3. The summed E-state index contributed by atoms with van der Waals surface area (Å²) in [6, 6.07) is 6.04. The van der Waals surface area contributed by atoms with Gasteiger partial charge in [0, 0.05) is 38.9 Å². The van der Waals surface area contributed by atoms with Gasteiger partial charge in [-0.3, -0.25) is 4.90 Å². The molecule has 1 unspecified atom stereocenters. The third kappa shape index (κ3) is 4.44.